The predicted molar refractivity (Wildman–Crippen MR) is 81.1 cm³/mol. The molecule has 4 heteroatoms. The van der Waals surface area contributed by atoms with Crippen LogP contribution in [0, 0.1) is 19.8 Å². The zero-order chi connectivity index (χ0) is 13.1. The smallest absolute Gasteiger partial charge is 0.251 e. The summed E-state index contributed by atoms with van der Waals surface area (Å²) in [4.78, 5) is 12.2. The molecule has 1 saturated heterocycles. The molecule has 3 nitrogen and oxygen atoms in total. The summed E-state index contributed by atoms with van der Waals surface area (Å²) in [7, 11) is 0. The standard InChI is InChI=1S/C15H22N2O.ClH/c1-10-6-11(2)8-13(7-10)15(18)17-14-4-5-16-9-12(14)3;/h6-8,12,14,16H,4-5,9H2,1-3H3,(H,17,18);1H. The number of nitrogens with one attached hydrogen (secondary N) is 2. The zero-order valence-corrected chi connectivity index (χ0v) is 12.6. The van der Waals surface area contributed by atoms with Crippen LogP contribution in [0.25, 0.3) is 0 Å². The van der Waals surface area contributed by atoms with E-state index in [1.807, 2.05) is 26.0 Å². The Balaban J connectivity index is 0.00000180. The molecule has 0 radical (unpaired) electrons. The van der Waals surface area contributed by atoms with Crippen LogP contribution in [0.1, 0.15) is 34.8 Å². The summed E-state index contributed by atoms with van der Waals surface area (Å²) in [5, 5.41) is 6.50. The van der Waals surface area contributed by atoms with Crippen molar-refractivity contribution in [3.8, 4) is 0 Å². The van der Waals surface area contributed by atoms with Crippen molar-refractivity contribution < 1.29 is 4.79 Å². The van der Waals surface area contributed by atoms with Gasteiger partial charge in [0.2, 0.25) is 0 Å². The van der Waals surface area contributed by atoms with Gasteiger partial charge in [0.15, 0.2) is 0 Å². The van der Waals surface area contributed by atoms with Gasteiger partial charge < -0.3 is 10.6 Å². The van der Waals surface area contributed by atoms with E-state index in [9.17, 15) is 4.79 Å². The van der Waals surface area contributed by atoms with Gasteiger partial charge >= 0.3 is 0 Å². The van der Waals surface area contributed by atoms with Gasteiger partial charge in [-0.1, -0.05) is 24.1 Å². The van der Waals surface area contributed by atoms with Gasteiger partial charge in [0.05, 0.1) is 0 Å². The molecule has 0 aromatic heterocycles. The second-order valence-electron chi connectivity index (χ2n) is 5.43. The summed E-state index contributed by atoms with van der Waals surface area (Å²) in [5.74, 6) is 0.550. The van der Waals surface area contributed by atoms with E-state index in [2.05, 4.69) is 23.6 Å². The van der Waals surface area contributed by atoms with Crippen LogP contribution >= 0.6 is 12.4 Å². The minimum Gasteiger partial charge on any atom is -0.349 e. The van der Waals surface area contributed by atoms with Crippen LogP contribution in [0.4, 0.5) is 0 Å². The quantitative estimate of drug-likeness (QED) is 0.875. The lowest BCUT2D eigenvalue weighted by molar-refractivity contribution is 0.0914. The van der Waals surface area contributed by atoms with Crippen molar-refractivity contribution in [2.24, 2.45) is 5.92 Å². The van der Waals surface area contributed by atoms with E-state index >= 15 is 0 Å². The van der Waals surface area contributed by atoms with Crippen molar-refractivity contribution >= 4 is 18.3 Å². The van der Waals surface area contributed by atoms with E-state index in [0.717, 1.165) is 36.2 Å². The zero-order valence-electron chi connectivity index (χ0n) is 11.8. The number of amides is 1. The van der Waals surface area contributed by atoms with Gasteiger partial charge in [-0.3, -0.25) is 4.79 Å². The Kier molecular flexibility index (Phi) is 5.83. The van der Waals surface area contributed by atoms with Gasteiger partial charge in [-0.05, 0) is 51.4 Å². The Morgan fingerprint density at radius 3 is 2.47 bits per heavy atom. The largest absolute Gasteiger partial charge is 0.349 e. The lowest BCUT2D eigenvalue weighted by Gasteiger charge is -2.30. The number of hydrogen-bond donors (Lipinski definition) is 2. The lowest BCUT2D eigenvalue weighted by atomic mass is 9.95. The van der Waals surface area contributed by atoms with Crippen LogP contribution in [0.2, 0.25) is 0 Å². The second-order valence-corrected chi connectivity index (χ2v) is 5.43. The predicted octanol–water partition coefficient (Wildman–Crippen LogP) is 2.45. The van der Waals surface area contributed by atoms with Crippen molar-refractivity contribution in [3.63, 3.8) is 0 Å². The first kappa shape index (κ1) is 16.0. The molecule has 2 atom stereocenters. The van der Waals surface area contributed by atoms with Crippen LogP contribution in [0.15, 0.2) is 18.2 Å². The monoisotopic (exact) mass is 282 g/mol. The van der Waals surface area contributed by atoms with Gasteiger partial charge in [0, 0.05) is 11.6 Å². The Labute approximate surface area is 121 Å². The fourth-order valence-corrected chi connectivity index (χ4v) is 2.59. The van der Waals surface area contributed by atoms with Crippen LogP contribution in [-0.2, 0) is 0 Å². The highest BCUT2D eigenvalue weighted by molar-refractivity contribution is 5.94. The van der Waals surface area contributed by atoms with Gasteiger partial charge in [-0.15, -0.1) is 12.4 Å². The van der Waals surface area contributed by atoms with Crippen LogP contribution in [0.3, 0.4) is 0 Å². The molecule has 1 aliphatic heterocycles. The summed E-state index contributed by atoms with van der Waals surface area (Å²) >= 11 is 0. The molecule has 1 aromatic carbocycles. The minimum absolute atomic E-state index is 0. The van der Waals surface area contributed by atoms with Crippen molar-refractivity contribution in [2.45, 2.75) is 33.2 Å². The topological polar surface area (TPSA) is 41.1 Å². The molecular formula is C15H23ClN2O. The first-order valence-electron chi connectivity index (χ1n) is 6.66. The highest BCUT2D eigenvalue weighted by atomic mass is 35.5. The summed E-state index contributed by atoms with van der Waals surface area (Å²) in [6.45, 7) is 8.20. The molecule has 0 aliphatic carbocycles. The van der Waals surface area contributed by atoms with E-state index in [0.29, 0.717) is 12.0 Å². The molecule has 0 bridgehead atoms. The number of aryl methyl sites for hydroxylation is 2. The van der Waals surface area contributed by atoms with Crippen LogP contribution in [0.5, 0.6) is 0 Å². The van der Waals surface area contributed by atoms with Crippen molar-refractivity contribution in [2.75, 3.05) is 13.1 Å². The molecule has 1 amide bonds. The molecule has 19 heavy (non-hydrogen) atoms. The van der Waals surface area contributed by atoms with Crippen molar-refractivity contribution in [1.29, 1.82) is 0 Å². The summed E-state index contributed by atoms with van der Waals surface area (Å²) in [6.07, 6.45) is 1.01. The highest BCUT2D eigenvalue weighted by Gasteiger charge is 2.23. The molecular weight excluding hydrogens is 260 g/mol. The maximum atomic E-state index is 12.2. The average Bonchev–Trinajstić information content (AvgIpc) is 2.31. The maximum Gasteiger partial charge on any atom is 0.251 e. The number of carbonyl (C=O) groups excluding carboxylic acids is 1. The minimum atomic E-state index is 0. The van der Waals surface area contributed by atoms with Crippen LogP contribution in [-0.4, -0.2) is 25.0 Å². The molecule has 2 unspecified atom stereocenters. The number of piperidine rings is 1. The Morgan fingerprint density at radius 1 is 1.26 bits per heavy atom. The Hall–Kier alpha value is -1.06. The van der Waals surface area contributed by atoms with E-state index in [-0.39, 0.29) is 18.3 Å². The van der Waals surface area contributed by atoms with Gasteiger partial charge in [0.1, 0.15) is 0 Å². The number of rotatable bonds is 2. The van der Waals surface area contributed by atoms with Crippen molar-refractivity contribution in [3.05, 3.63) is 34.9 Å². The summed E-state index contributed by atoms with van der Waals surface area (Å²) in [5.41, 5.74) is 3.05. The molecule has 2 N–H and O–H groups in total. The summed E-state index contributed by atoms with van der Waals surface area (Å²) in [6, 6.07) is 6.28. The lowest BCUT2D eigenvalue weighted by Crippen LogP contribution is -2.48. The van der Waals surface area contributed by atoms with E-state index in [1.165, 1.54) is 0 Å². The Morgan fingerprint density at radius 2 is 1.89 bits per heavy atom. The van der Waals surface area contributed by atoms with Gasteiger partial charge in [0.25, 0.3) is 5.91 Å². The Bertz CT molecular complexity index is 428. The van der Waals surface area contributed by atoms with Gasteiger partial charge in [-0.2, -0.15) is 0 Å². The molecule has 0 saturated carbocycles. The normalized spacial score (nSPS) is 22.5. The van der Waals surface area contributed by atoms with Crippen LogP contribution < -0.4 is 10.6 Å². The number of hydrogen-bond acceptors (Lipinski definition) is 2. The summed E-state index contributed by atoms with van der Waals surface area (Å²) < 4.78 is 0. The van der Waals surface area contributed by atoms with E-state index < -0.39 is 0 Å². The number of halogens is 1. The number of carbonyl (C=O) groups is 1. The molecule has 1 heterocycles. The highest BCUT2D eigenvalue weighted by Crippen LogP contribution is 2.13. The molecule has 0 spiro atoms. The molecule has 1 fully saturated rings. The third-order valence-electron chi connectivity index (χ3n) is 3.59. The molecule has 2 rings (SSSR count). The average molecular weight is 283 g/mol. The van der Waals surface area contributed by atoms with E-state index in [1.54, 1.807) is 0 Å². The number of benzene rings is 1. The maximum absolute atomic E-state index is 12.2. The second kappa shape index (κ2) is 6.92. The third-order valence-corrected chi connectivity index (χ3v) is 3.59. The fraction of sp³-hybridized carbons (Fsp3) is 0.533. The van der Waals surface area contributed by atoms with E-state index in [4.69, 9.17) is 0 Å². The molecule has 106 valence electrons. The first-order chi connectivity index (χ1) is 8.56. The SMILES string of the molecule is Cc1cc(C)cc(C(=O)NC2CCNCC2C)c1.Cl. The van der Waals surface area contributed by atoms with Crippen molar-refractivity contribution in [1.82, 2.24) is 10.6 Å². The first-order valence-corrected chi connectivity index (χ1v) is 6.66. The molecule has 1 aromatic rings. The van der Waals surface area contributed by atoms with Gasteiger partial charge in [-0.25, -0.2) is 0 Å². The third kappa shape index (κ3) is 4.22. The fourth-order valence-electron chi connectivity index (χ4n) is 2.59. The molecule has 1 aliphatic rings.